The van der Waals surface area contributed by atoms with E-state index in [9.17, 15) is 18.0 Å². The van der Waals surface area contributed by atoms with Crippen LogP contribution in [0.2, 0.25) is 0 Å². The van der Waals surface area contributed by atoms with Gasteiger partial charge in [0.1, 0.15) is 5.00 Å². The smallest absolute Gasteiger partial charge is 0.341 e. The molecule has 8 heteroatoms. The van der Waals surface area contributed by atoms with Crippen LogP contribution in [0, 0.1) is 13.8 Å². The lowest BCUT2D eigenvalue weighted by molar-refractivity contribution is 0.0527. The van der Waals surface area contributed by atoms with Gasteiger partial charge < -0.3 is 10.1 Å². The molecule has 0 aliphatic heterocycles. The lowest BCUT2D eigenvalue weighted by atomic mass is 10.1. The van der Waals surface area contributed by atoms with Gasteiger partial charge in [-0.1, -0.05) is 0 Å². The Morgan fingerprint density at radius 1 is 1.16 bits per heavy atom. The third-order valence-corrected chi connectivity index (χ3v) is 5.89. The van der Waals surface area contributed by atoms with Crippen molar-refractivity contribution in [2.45, 2.75) is 25.7 Å². The van der Waals surface area contributed by atoms with Crippen LogP contribution in [0.15, 0.2) is 29.2 Å². The largest absolute Gasteiger partial charge is 0.462 e. The number of hydrogen-bond donors (Lipinski definition) is 1. The normalized spacial score (nSPS) is 11.2. The van der Waals surface area contributed by atoms with Crippen molar-refractivity contribution in [3.8, 4) is 0 Å². The molecule has 2 aromatic rings. The van der Waals surface area contributed by atoms with Crippen molar-refractivity contribution in [2.24, 2.45) is 0 Å². The second-order valence-corrected chi connectivity index (χ2v) is 8.70. The summed E-state index contributed by atoms with van der Waals surface area (Å²) in [6.07, 6.45) is 1.10. The SMILES string of the molecule is CCOC(=O)c1c(NC(=O)c2ccc(S(C)(=O)=O)cc2)sc(C)c1C. The number of sulfone groups is 1. The highest BCUT2D eigenvalue weighted by atomic mass is 32.2. The molecule has 0 spiro atoms. The number of nitrogens with one attached hydrogen (secondary N) is 1. The first-order valence-corrected chi connectivity index (χ1v) is 10.2. The van der Waals surface area contributed by atoms with Crippen LogP contribution in [0.4, 0.5) is 5.00 Å². The zero-order chi connectivity index (χ0) is 18.8. The average Bonchev–Trinajstić information content (AvgIpc) is 2.81. The van der Waals surface area contributed by atoms with E-state index in [2.05, 4.69) is 5.32 Å². The van der Waals surface area contributed by atoms with Gasteiger partial charge in [-0.05, 0) is 50.6 Å². The second kappa shape index (κ2) is 7.37. The summed E-state index contributed by atoms with van der Waals surface area (Å²) in [5, 5.41) is 3.14. The molecule has 1 N–H and O–H groups in total. The Morgan fingerprint density at radius 2 is 1.76 bits per heavy atom. The summed E-state index contributed by atoms with van der Waals surface area (Å²) >= 11 is 1.30. The van der Waals surface area contributed by atoms with Gasteiger partial charge in [0, 0.05) is 16.7 Å². The molecular weight excluding hydrogens is 362 g/mol. The highest BCUT2D eigenvalue weighted by Crippen LogP contribution is 2.33. The summed E-state index contributed by atoms with van der Waals surface area (Å²) in [7, 11) is -3.32. The number of esters is 1. The predicted molar refractivity (Wildman–Crippen MR) is 97.3 cm³/mol. The van der Waals surface area contributed by atoms with Gasteiger partial charge in [-0.3, -0.25) is 4.79 Å². The minimum absolute atomic E-state index is 0.138. The number of carbonyl (C=O) groups is 2. The molecule has 0 bridgehead atoms. The third-order valence-electron chi connectivity index (χ3n) is 3.64. The number of aryl methyl sites for hydroxylation is 1. The third kappa shape index (κ3) is 4.26. The van der Waals surface area contributed by atoms with Crippen LogP contribution in [0.3, 0.4) is 0 Å². The Kier molecular flexibility index (Phi) is 5.64. The summed E-state index contributed by atoms with van der Waals surface area (Å²) in [6, 6.07) is 5.62. The lowest BCUT2D eigenvalue weighted by Gasteiger charge is -2.07. The summed E-state index contributed by atoms with van der Waals surface area (Å²) in [5.74, 6) is -0.904. The van der Waals surface area contributed by atoms with Gasteiger partial charge in [0.2, 0.25) is 0 Å². The molecular formula is C17H19NO5S2. The zero-order valence-corrected chi connectivity index (χ0v) is 16.0. The Hall–Kier alpha value is -2.19. The molecule has 0 aliphatic carbocycles. The maximum atomic E-state index is 12.4. The van der Waals surface area contributed by atoms with Crippen molar-refractivity contribution in [1.29, 1.82) is 0 Å². The van der Waals surface area contributed by atoms with Crippen molar-refractivity contribution in [3.05, 3.63) is 45.8 Å². The Morgan fingerprint density at radius 3 is 2.28 bits per heavy atom. The van der Waals surface area contributed by atoms with Crippen molar-refractivity contribution >= 4 is 38.1 Å². The fraction of sp³-hybridized carbons (Fsp3) is 0.294. The standard InChI is InChI=1S/C17H19NO5S2/c1-5-23-17(20)14-10(2)11(3)24-16(14)18-15(19)12-6-8-13(9-7-12)25(4,21)22/h6-9H,5H2,1-4H3,(H,18,19). The van der Waals surface area contributed by atoms with Crippen LogP contribution in [-0.2, 0) is 14.6 Å². The first-order valence-electron chi connectivity index (χ1n) is 7.53. The molecule has 1 heterocycles. The Bertz CT molecular complexity index is 911. The number of thiophene rings is 1. The maximum Gasteiger partial charge on any atom is 0.341 e. The minimum atomic E-state index is -3.32. The highest BCUT2D eigenvalue weighted by molar-refractivity contribution is 7.90. The molecule has 0 saturated carbocycles. The van der Waals surface area contributed by atoms with Crippen LogP contribution >= 0.6 is 11.3 Å². The molecule has 6 nitrogen and oxygen atoms in total. The molecule has 1 amide bonds. The fourth-order valence-electron chi connectivity index (χ4n) is 2.19. The topological polar surface area (TPSA) is 89.5 Å². The summed E-state index contributed by atoms with van der Waals surface area (Å²) in [5.41, 5.74) is 1.42. The van der Waals surface area contributed by atoms with Crippen LogP contribution in [0.5, 0.6) is 0 Å². The van der Waals surface area contributed by atoms with Crippen molar-refractivity contribution in [1.82, 2.24) is 0 Å². The van der Waals surface area contributed by atoms with E-state index in [1.807, 2.05) is 6.92 Å². The number of rotatable bonds is 5. The first-order chi connectivity index (χ1) is 11.6. The van der Waals surface area contributed by atoms with Crippen LogP contribution < -0.4 is 5.32 Å². The van der Waals surface area contributed by atoms with E-state index in [0.717, 1.165) is 16.7 Å². The Labute approximate surface area is 150 Å². The number of anilines is 1. The Balaban J connectivity index is 2.29. The number of hydrogen-bond acceptors (Lipinski definition) is 6. The fourth-order valence-corrected chi connectivity index (χ4v) is 3.87. The van der Waals surface area contributed by atoms with E-state index in [1.165, 1.54) is 35.6 Å². The molecule has 1 aromatic carbocycles. The van der Waals surface area contributed by atoms with Gasteiger partial charge >= 0.3 is 5.97 Å². The van der Waals surface area contributed by atoms with E-state index in [-0.39, 0.29) is 11.5 Å². The van der Waals surface area contributed by atoms with Crippen LogP contribution in [0.1, 0.15) is 38.1 Å². The van der Waals surface area contributed by atoms with Crippen molar-refractivity contribution in [3.63, 3.8) is 0 Å². The summed E-state index contributed by atoms with van der Waals surface area (Å²) in [4.78, 5) is 25.6. The molecule has 0 saturated heterocycles. The van der Waals surface area contributed by atoms with E-state index in [1.54, 1.807) is 13.8 Å². The van der Waals surface area contributed by atoms with Gasteiger partial charge in [0.15, 0.2) is 9.84 Å². The maximum absolute atomic E-state index is 12.4. The number of benzene rings is 1. The number of carbonyl (C=O) groups excluding carboxylic acids is 2. The van der Waals surface area contributed by atoms with E-state index < -0.39 is 21.7 Å². The highest BCUT2D eigenvalue weighted by Gasteiger charge is 2.22. The minimum Gasteiger partial charge on any atom is -0.462 e. The lowest BCUT2D eigenvalue weighted by Crippen LogP contribution is -2.15. The summed E-state index contributed by atoms with van der Waals surface area (Å²) < 4.78 is 28.0. The molecule has 134 valence electrons. The van der Waals surface area contributed by atoms with Gasteiger partial charge in [-0.2, -0.15) is 0 Å². The van der Waals surface area contributed by atoms with E-state index in [4.69, 9.17) is 4.74 Å². The van der Waals surface area contributed by atoms with Gasteiger partial charge in [-0.15, -0.1) is 11.3 Å². The van der Waals surface area contributed by atoms with Crippen molar-refractivity contribution in [2.75, 3.05) is 18.2 Å². The van der Waals surface area contributed by atoms with E-state index in [0.29, 0.717) is 16.1 Å². The zero-order valence-electron chi connectivity index (χ0n) is 14.4. The predicted octanol–water partition coefficient (Wildman–Crippen LogP) is 3.20. The number of ether oxygens (including phenoxy) is 1. The first kappa shape index (κ1) is 19.1. The molecule has 0 aliphatic rings. The summed E-state index contributed by atoms with van der Waals surface area (Å²) in [6.45, 7) is 5.62. The average molecular weight is 381 g/mol. The molecule has 0 unspecified atom stereocenters. The van der Waals surface area contributed by atoms with E-state index >= 15 is 0 Å². The molecule has 0 atom stereocenters. The quantitative estimate of drug-likeness (QED) is 0.804. The number of amides is 1. The molecule has 0 radical (unpaired) electrons. The molecule has 1 aromatic heterocycles. The van der Waals surface area contributed by atoms with Crippen LogP contribution in [0.25, 0.3) is 0 Å². The van der Waals surface area contributed by atoms with Gasteiger partial charge in [-0.25, -0.2) is 13.2 Å². The van der Waals surface area contributed by atoms with Crippen LogP contribution in [-0.4, -0.2) is 33.2 Å². The van der Waals surface area contributed by atoms with Gasteiger partial charge in [0.05, 0.1) is 17.1 Å². The second-order valence-electron chi connectivity index (χ2n) is 5.46. The molecule has 0 fully saturated rings. The molecule has 2 rings (SSSR count). The monoisotopic (exact) mass is 381 g/mol. The molecule has 25 heavy (non-hydrogen) atoms. The van der Waals surface area contributed by atoms with Crippen molar-refractivity contribution < 1.29 is 22.7 Å². The van der Waals surface area contributed by atoms with Gasteiger partial charge in [0.25, 0.3) is 5.91 Å².